The number of aromatic nitrogens is 2. The van der Waals surface area contributed by atoms with Gasteiger partial charge in [0.2, 0.25) is 5.89 Å². The Morgan fingerprint density at radius 3 is 2.81 bits per heavy atom. The van der Waals surface area contributed by atoms with Crippen molar-refractivity contribution in [2.24, 2.45) is 0 Å². The van der Waals surface area contributed by atoms with Crippen LogP contribution in [0.25, 0.3) is 0 Å². The van der Waals surface area contributed by atoms with Crippen molar-refractivity contribution in [1.29, 1.82) is 0 Å². The molecule has 0 saturated heterocycles. The zero-order valence-electron chi connectivity index (χ0n) is 12.6. The smallest absolute Gasteiger partial charge is 0.253 e. The molecular weight excluding hydrogens is 268 g/mol. The lowest BCUT2D eigenvalue weighted by Crippen LogP contribution is -2.27. The largest absolute Gasteiger partial charge is 0.385 e. The SMILES string of the molecule is CCNc1ccc(C)cc1C(=O)NCCc1noc(C)n1. The predicted octanol–water partition coefficient (Wildman–Crippen LogP) is 2.09. The minimum atomic E-state index is -0.102. The van der Waals surface area contributed by atoms with E-state index in [0.717, 1.165) is 17.8 Å². The van der Waals surface area contributed by atoms with E-state index in [-0.39, 0.29) is 5.91 Å². The molecule has 0 aliphatic rings. The van der Waals surface area contributed by atoms with Crippen LogP contribution in [0.3, 0.4) is 0 Å². The highest BCUT2D eigenvalue weighted by Crippen LogP contribution is 2.17. The average molecular weight is 288 g/mol. The van der Waals surface area contributed by atoms with Gasteiger partial charge in [0, 0.05) is 32.1 Å². The molecule has 0 aliphatic heterocycles. The van der Waals surface area contributed by atoms with Crippen molar-refractivity contribution in [3.63, 3.8) is 0 Å². The molecule has 1 aromatic carbocycles. The highest BCUT2D eigenvalue weighted by Gasteiger charge is 2.11. The summed E-state index contributed by atoms with van der Waals surface area (Å²) >= 11 is 0. The van der Waals surface area contributed by atoms with Crippen molar-refractivity contribution in [1.82, 2.24) is 15.5 Å². The van der Waals surface area contributed by atoms with Crippen molar-refractivity contribution in [2.75, 3.05) is 18.4 Å². The van der Waals surface area contributed by atoms with Crippen LogP contribution in [-0.2, 0) is 6.42 Å². The molecule has 0 spiro atoms. The molecule has 0 radical (unpaired) electrons. The molecule has 1 heterocycles. The summed E-state index contributed by atoms with van der Waals surface area (Å²) in [6.45, 7) is 6.95. The number of benzene rings is 1. The van der Waals surface area contributed by atoms with Gasteiger partial charge in [-0.25, -0.2) is 0 Å². The van der Waals surface area contributed by atoms with Gasteiger partial charge in [-0.3, -0.25) is 4.79 Å². The Morgan fingerprint density at radius 2 is 2.14 bits per heavy atom. The molecule has 0 atom stereocenters. The summed E-state index contributed by atoms with van der Waals surface area (Å²) in [6.07, 6.45) is 0.547. The number of carbonyl (C=O) groups is 1. The first-order valence-electron chi connectivity index (χ1n) is 7.02. The van der Waals surface area contributed by atoms with Gasteiger partial charge >= 0.3 is 0 Å². The molecule has 2 rings (SSSR count). The molecule has 112 valence electrons. The normalized spacial score (nSPS) is 10.4. The van der Waals surface area contributed by atoms with E-state index in [1.54, 1.807) is 6.92 Å². The quantitative estimate of drug-likeness (QED) is 0.850. The maximum Gasteiger partial charge on any atom is 0.253 e. The van der Waals surface area contributed by atoms with Gasteiger partial charge in [-0.05, 0) is 26.0 Å². The van der Waals surface area contributed by atoms with Crippen LogP contribution in [0.1, 0.15) is 34.6 Å². The van der Waals surface area contributed by atoms with Crippen molar-refractivity contribution >= 4 is 11.6 Å². The number of carbonyl (C=O) groups excluding carboxylic acids is 1. The number of nitrogens with zero attached hydrogens (tertiary/aromatic N) is 2. The van der Waals surface area contributed by atoms with Crippen LogP contribution in [0.4, 0.5) is 5.69 Å². The molecule has 0 unspecified atom stereocenters. The van der Waals surface area contributed by atoms with Crippen LogP contribution >= 0.6 is 0 Å². The number of hydrogen-bond donors (Lipinski definition) is 2. The Balaban J connectivity index is 1.97. The predicted molar refractivity (Wildman–Crippen MR) is 80.4 cm³/mol. The zero-order valence-corrected chi connectivity index (χ0v) is 12.6. The van der Waals surface area contributed by atoms with E-state index in [4.69, 9.17) is 4.52 Å². The zero-order chi connectivity index (χ0) is 15.2. The van der Waals surface area contributed by atoms with Crippen LogP contribution in [0.15, 0.2) is 22.7 Å². The third kappa shape index (κ3) is 4.05. The Morgan fingerprint density at radius 1 is 1.33 bits per heavy atom. The fourth-order valence-electron chi connectivity index (χ4n) is 2.02. The Labute approximate surface area is 123 Å². The first-order valence-corrected chi connectivity index (χ1v) is 7.02. The van der Waals surface area contributed by atoms with E-state index in [0.29, 0.717) is 30.2 Å². The van der Waals surface area contributed by atoms with Gasteiger partial charge in [0.15, 0.2) is 5.82 Å². The summed E-state index contributed by atoms with van der Waals surface area (Å²) in [4.78, 5) is 16.4. The van der Waals surface area contributed by atoms with Gasteiger partial charge in [-0.15, -0.1) is 0 Å². The maximum absolute atomic E-state index is 12.3. The highest BCUT2D eigenvalue weighted by molar-refractivity contribution is 5.99. The van der Waals surface area contributed by atoms with E-state index in [1.807, 2.05) is 32.0 Å². The molecule has 0 aliphatic carbocycles. The summed E-state index contributed by atoms with van der Waals surface area (Å²) in [6, 6.07) is 5.79. The molecule has 0 bridgehead atoms. The van der Waals surface area contributed by atoms with E-state index >= 15 is 0 Å². The van der Waals surface area contributed by atoms with Gasteiger partial charge < -0.3 is 15.2 Å². The van der Waals surface area contributed by atoms with Gasteiger partial charge in [0.25, 0.3) is 5.91 Å². The molecule has 1 amide bonds. The van der Waals surface area contributed by atoms with E-state index in [2.05, 4.69) is 20.8 Å². The minimum Gasteiger partial charge on any atom is -0.385 e. The minimum absolute atomic E-state index is 0.102. The summed E-state index contributed by atoms with van der Waals surface area (Å²) in [5, 5.41) is 9.87. The van der Waals surface area contributed by atoms with Crippen molar-refractivity contribution in [2.45, 2.75) is 27.2 Å². The second kappa shape index (κ2) is 6.88. The third-order valence-electron chi connectivity index (χ3n) is 2.99. The number of hydrogen-bond acceptors (Lipinski definition) is 5. The van der Waals surface area contributed by atoms with Crippen molar-refractivity contribution in [3.05, 3.63) is 41.0 Å². The molecule has 0 fully saturated rings. The van der Waals surface area contributed by atoms with Crippen LogP contribution < -0.4 is 10.6 Å². The van der Waals surface area contributed by atoms with Gasteiger partial charge in [-0.2, -0.15) is 4.98 Å². The van der Waals surface area contributed by atoms with E-state index in [9.17, 15) is 4.79 Å². The lowest BCUT2D eigenvalue weighted by Gasteiger charge is -2.11. The topological polar surface area (TPSA) is 80.0 Å². The Kier molecular flexibility index (Phi) is 4.92. The second-order valence-electron chi connectivity index (χ2n) is 4.81. The van der Waals surface area contributed by atoms with Gasteiger partial charge in [0.1, 0.15) is 0 Å². The fraction of sp³-hybridized carbons (Fsp3) is 0.400. The lowest BCUT2D eigenvalue weighted by atomic mass is 10.1. The molecule has 6 heteroatoms. The first-order chi connectivity index (χ1) is 10.1. The standard InChI is InChI=1S/C15H20N4O2/c1-4-16-13-6-5-10(2)9-12(13)15(20)17-8-7-14-18-11(3)21-19-14/h5-6,9,16H,4,7-8H2,1-3H3,(H,17,20). The summed E-state index contributed by atoms with van der Waals surface area (Å²) in [5.74, 6) is 1.03. The summed E-state index contributed by atoms with van der Waals surface area (Å²) in [7, 11) is 0. The third-order valence-corrected chi connectivity index (χ3v) is 2.99. The molecule has 6 nitrogen and oxygen atoms in total. The number of anilines is 1. The molecule has 0 saturated carbocycles. The maximum atomic E-state index is 12.3. The molecule has 2 aromatic rings. The van der Waals surface area contributed by atoms with E-state index < -0.39 is 0 Å². The van der Waals surface area contributed by atoms with Crippen LogP contribution in [-0.4, -0.2) is 29.1 Å². The monoisotopic (exact) mass is 288 g/mol. The molecule has 2 N–H and O–H groups in total. The number of aryl methyl sites for hydroxylation is 2. The number of amides is 1. The Bertz CT molecular complexity index is 622. The molecular formula is C15H20N4O2. The van der Waals surface area contributed by atoms with Crippen molar-refractivity contribution in [3.8, 4) is 0 Å². The summed E-state index contributed by atoms with van der Waals surface area (Å²) < 4.78 is 4.89. The van der Waals surface area contributed by atoms with Gasteiger partial charge in [-0.1, -0.05) is 16.8 Å². The van der Waals surface area contributed by atoms with Gasteiger partial charge in [0.05, 0.1) is 5.56 Å². The Hall–Kier alpha value is -2.37. The fourth-order valence-corrected chi connectivity index (χ4v) is 2.02. The van der Waals surface area contributed by atoms with Crippen LogP contribution in [0.2, 0.25) is 0 Å². The average Bonchev–Trinajstić information content (AvgIpc) is 2.86. The number of rotatable bonds is 6. The van der Waals surface area contributed by atoms with Crippen LogP contribution in [0.5, 0.6) is 0 Å². The highest BCUT2D eigenvalue weighted by atomic mass is 16.5. The van der Waals surface area contributed by atoms with Crippen LogP contribution in [0, 0.1) is 13.8 Å². The molecule has 1 aromatic heterocycles. The van der Waals surface area contributed by atoms with Crippen molar-refractivity contribution < 1.29 is 9.32 Å². The lowest BCUT2D eigenvalue weighted by molar-refractivity contribution is 0.0954. The first kappa shape index (κ1) is 15.0. The second-order valence-corrected chi connectivity index (χ2v) is 4.81. The van der Waals surface area contributed by atoms with E-state index in [1.165, 1.54) is 0 Å². The number of nitrogens with one attached hydrogen (secondary N) is 2. The molecule has 21 heavy (non-hydrogen) atoms. The summed E-state index contributed by atoms with van der Waals surface area (Å²) in [5.41, 5.74) is 2.55.